The van der Waals surface area contributed by atoms with E-state index >= 15 is 0 Å². The van der Waals surface area contributed by atoms with Gasteiger partial charge in [0.05, 0.1) is 6.61 Å². The lowest BCUT2D eigenvalue weighted by molar-refractivity contribution is -0.161. The second-order valence-electron chi connectivity index (χ2n) is 17.0. The predicted octanol–water partition coefficient (Wildman–Crippen LogP) is 15.8. The van der Waals surface area contributed by atoms with Crippen LogP contribution < -0.4 is 0 Å². The van der Waals surface area contributed by atoms with Crippen LogP contribution in [0.15, 0.2) is 0 Å². The fourth-order valence-corrected chi connectivity index (χ4v) is 8.00. The Kier molecular flexibility index (Phi) is 43.9. The first-order valence-electron chi connectivity index (χ1n) is 24.7. The van der Waals surface area contributed by atoms with Gasteiger partial charge in [0, 0.05) is 20.0 Å². The zero-order valence-electron chi connectivity index (χ0n) is 38.0. The van der Waals surface area contributed by atoms with Crippen molar-refractivity contribution in [2.75, 3.05) is 20.3 Å². The summed E-state index contributed by atoms with van der Waals surface area (Å²) in [5.74, 6) is -0.782. The highest BCUT2D eigenvalue weighted by Crippen LogP contribution is 2.42. The van der Waals surface area contributed by atoms with E-state index in [9.17, 15) is 19.0 Å². The largest absolute Gasteiger partial charge is 0.472 e. The zero-order chi connectivity index (χ0) is 41.8. The molecule has 0 radical (unpaired) electrons. The second-order valence-corrected chi connectivity index (χ2v) is 18.5. The molecule has 0 aliphatic heterocycles. The number of hydrogen-bond donors (Lipinski definition) is 1. The number of hydrogen-bond acceptors (Lipinski definition) is 7. The molecule has 0 saturated heterocycles. The molecule has 2 unspecified atom stereocenters. The van der Waals surface area contributed by atoms with Crippen LogP contribution in [0.4, 0.5) is 0 Å². The average molecular weight is 831 g/mol. The molecule has 9 heteroatoms. The molecule has 0 amide bonds. The minimum absolute atomic E-state index is 0.216. The third kappa shape index (κ3) is 44.4. The molecule has 0 saturated carbocycles. The van der Waals surface area contributed by atoms with Crippen molar-refractivity contribution in [2.24, 2.45) is 0 Å². The van der Waals surface area contributed by atoms with Gasteiger partial charge in [-0.15, -0.1) is 0 Å². The molecule has 0 spiro atoms. The van der Waals surface area contributed by atoms with Crippen molar-refractivity contribution >= 4 is 19.8 Å². The second kappa shape index (κ2) is 44.6. The molecule has 8 nitrogen and oxygen atoms in total. The van der Waals surface area contributed by atoms with Crippen LogP contribution in [0.3, 0.4) is 0 Å². The quantitative estimate of drug-likeness (QED) is 0.0367. The number of unbranched alkanes of at least 4 members (excludes halogenated alkanes) is 36. The molecular formula is C48H95O8P. The van der Waals surface area contributed by atoms with E-state index in [1.165, 1.54) is 205 Å². The molecular weight excluding hydrogens is 735 g/mol. The number of phosphoric acid groups is 1. The number of rotatable bonds is 47. The molecule has 0 bridgehead atoms. The lowest BCUT2D eigenvalue weighted by Gasteiger charge is -2.19. The summed E-state index contributed by atoms with van der Waals surface area (Å²) in [7, 11) is -3.19. The lowest BCUT2D eigenvalue weighted by Crippen LogP contribution is -2.29. The first kappa shape index (κ1) is 56.0. The third-order valence-electron chi connectivity index (χ3n) is 11.4. The van der Waals surface area contributed by atoms with Crippen LogP contribution in [-0.2, 0) is 32.7 Å². The summed E-state index contributed by atoms with van der Waals surface area (Å²) in [4.78, 5) is 34.6. The molecule has 340 valence electrons. The van der Waals surface area contributed by atoms with Gasteiger partial charge in [-0.3, -0.25) is 18.6 Å². The Morgan fingerprint density at radius 2 is 0.684 bits per heavy atom. The number of phosphoric ester groups is 1. The maximum Gasteiger partial charge on any atom is 0.472 e. The molecule has 0 heterocycles. The normalized spacial score (nSPS) is 13.1. The Balaban J connectivity index is 3.85. The van der Waals surface area contributed by atoms with Gasteiger partial charge < -0.3 is 14.4 Å². The first-order chi connectivity index (χ1) is 27.8. The van der Waals surface area contributed by atoms with E-state index in [1.54, 1.807) is 0 Å². The third-order valence-corrected chi connectivity index (χ3v) is 12.3. The fourth-order valence-electron chi connectivity index (χ4n) is 7.54. The average Bonchev–Trinajstić information content (AvgIpc) is 3.20. The maximum absolute atomic E-state index is 12.6. The molecule has 0 aromatic heterocycles. The molecule has 0 fully saturated rings. The minimum Gasteiger partial charge on any atom is -0.462 e. The van der Waals surface area contributed by atoms with E-state index < -0.39 is 19.9 Å². The van der Waals surface area contributed by atoms with Crippen molar-refractivity contribution in [2.45, 2.75) is 277 Å². The summed E-state index contributed by atoms with van der Waals surface area (Å²) in [5.41, 5.74) is 0. The summed E-state index contributed by atoms with van der Waals surface area (Å²) in [6, 6.07) is 0. The maximum atomic E-state index is 12.6. The van der Waals surface area contributed by atoms with Gasteiger partial charge in [0.1, 0.15) is 6.61 Å². The van der Waals surface area contributed by atoms with Gasteiger partial charge in [-0.05, 0) is 12.8 Å². The van der Waals surface area contributed by atoms with E-state index in [-0.39, 0.29) is 25.6 Å². The van der Waals surface area contributed by atoms with Crippen molar-refractivity contribution in [1.82, 2.24) is 0 Å². The van der Waals surface area contributed by atoms with Gasteiger partial charge in [0.15, 0.2) is 6.10 Å². The Hall–Kier alpha value is -0.950. The van der Waals surface area contributed by atoms with Crippen molar-refractivity contribution in [3.8, 4) is 0 Å². The highest BCUT2D eigenvalue weighted by Gasteiger charge is 2.24. The van der Waals surface area contributed by atoms with E-state index in [1.807, 2.05) is 0 Å². The topological polar surface area (TPSA) is 108 Å². The molecule has 0 aliphatic carbocycles. The van der Waals surface area contributed by atoms with Crippen LogP contribution in [0.2, 0.25) is 0 Å². The summed E-state index contributed by atoms with van der Waals surface area (Å²) in [6.45, 7) is 3.94. The van der Waals surface area contributed by atoms with Crippen LogP contribution in [0.25, 0.3) is 0 Å². The van der Waals surface area contributed by atoms with E-state index in [0.29, 0.717) is 6.42 Å². The lowest BCUT2D eigenvalue weighted by atomic mass is 10.0. The van der Waals surface area contributed by atoms with Crippen molar-refractivity contribution in [3.63, 3.8) is 0 Å². The van der Waals surface area contributed by atoms with Crippen LogP contribution in [0, 0.1) is 0 Å². The van der Waals surface area contributed by atoms with E-state index in [0.717, 1.165) is 45.6 Å². The van der Waals surface area contributed by atoms with Crippen LogP contribution in [0.1, 0.15) is 271 Å². The van der Waals surface area contributed by atoms with E-state index in [4.69, 9.17) is 14.0 Å². The molecule has 0 aliphatic rings. The highest BCUT2D eigenvalue weighted by molar-refractivity contribution is 7.47. The van der Waals surface area contributed by atoms with E-state index in [2.05, 4.69) is 18.4 Å². The standard InChI is InChI=1S/C48H95O8P/c1-4-6-8-10-12-14-16-18-20-22-23-24-25-26-27-29-31-33-35-37-39-41-43-48(50)56-46(45-55-57(51,52)53-3)44-54-47(49)42-40-38-36-34-32-30-28-21-19-17-15-13-11-9-7-5-2/h46H,4-45H2,1-3H3,(H,51,52). The van der Waals surface area contributed by atoms with Gasteiger partial charge in [-0.1, -0.05) is 245 Å². The van der Waals surface area contributed by atoms with Crippen molar-refractivity contribution < 1.29 is 37.6 Å². The summed E-state index contributed by atoms with van der Waals surface area (Å²) in [5, 5.41) is 0. The molecule has 1 N–H and O–H groups in total. The van der Waals surface area contributed by atoms with Gasteiger partial charge in [-0.25, -0.2) is 4.57 Å². The van der Waals surface area contributed by atoms with Crippen LogP contribution >= 0.6 is 7.82 Å². The molecule has 2 atom stereocenters. The van der Waals surface area contributed by atoms with Gasteiger partial charge in [0.25, 0.3) is 0 Å². The Labute approximate surface area is 353 Å². The van der Waals surface area contributed by atoms with Crippen LogP contribution in [-0.4, -0.2) is 43.3 Å². The Morgan fingerprint density at radius 1 is 0.421 bits per heavy atom. The van der Waals surface area contributed by atoms with Crippen molar-refractivity contribution in [1.29, 1.82) is 0 Å². The number of ether oxygens (including phenoxy) is 2. The van der Waals surface area contributed by atoms with Gasteiger partial charge in [-0.2, -0.15) is 0 Å². The minimum atomic E-state index is -4.26. The molecule has 0 aromatic rings. The van der Waals surface area contributed by atoms with Crippen molar-refractivity contribution in [3.05, 3.63) is 0 Å². The Morgan fingerprint density at radius 3 is 0.965 bits per heavy atom. The molecule has 0 rings (SSSR count). The number of esters is 2. The van der Waals surface area contributed by atoms with Gasteiger partial charge >= 0.3 is 19.8 Å². The monoisotopic (exact) mass is 831 g/mol. The zero-order valence-corrected chi connectivity index (χ0v) is 38.9. The predicted molar refractivity (Wildman–Crippen MR) is 240 cm³/mol. The first-order valence-corrected chi connectivity index (χ1v) is 26.2. The SMILES string of the molecule is CCCCCCCCCCCCCCCCCCCCCCCCC(=O)OC(COC(=O)CCCCCCCCCCCCCCCCCC)COP(=O)(O)OC. The molecule has 57 heavy (non-hydrogen) atoms. The summed E-state index contributed by atoms with van der Waals surface area (Å²) in [6.07, 6.45) is 48.8. The number of carbonyl (C=O) groups is 2. The Bertz CT molecular complexity index is 900. The number of carbonyl (C=O) groups excluding carboxylic acids is 2. The highest BCUT2D eigenvalue weighted by atomic mass is 31.2. The molecule has 0 aromatic carbocycles. The van der Waals surface area contributed by atoms with Crippen LogP contribution in [0.5, 0.6) is 0 Å². The summed E-state index contributed by atoms with van der Waals surface area (Å²) < 4.78 is 32.1. The smallest absolute Gasteiger partial charge is 0.462 e. The summed E-state index contributed by atoms with van der Waals surface area (Å²) >= 11 is 0. The van der Waals surface area contributed by atoms with Gasteiger partial charge in [0.2, 0.25) is 0 Å². The fraction of sp³-hybridized carbons (Fsp3) is 0.958.